The summed E-state index contributed by atoms with van der Waals surface area (Å²) in [4.78, 5) is 16.7. The SMILES string of the molecule is Cc1cc(C)nc(NC(=O)C2COc3ccccc3C2)c1. The number of ether oxygens (including phenoxy) is 1. The van der Waals surface area contributed by atoms with Crippen molar-refractivity contribution in [3.05, 3.63) is 53.2 Å². The molecule has 1 aromatic carbocycles. The number of rotatable bonds is 2. The molecule has 1 N–H and O–H groups in total. The Hall–Kier alpha value is -2.36. The molecule has 4 nitrogen and oxygen atoms in total. The van der Waals surface area contributed by atoms with Crippen LogP contribution in [-0.4, -0.2) is 17.5 Å². The predicted octanol–water partition coefficient (Wildman–Crippen LogP) is 2.89. The van der Waals surface area contributed by atoms with Crippen molar-refractivity contribution in [2.45, 2.75) is 20.3 Å². The van der Waals surface area contributed by atoms with Gasteiger partial charge in [0.25, 0.3) is 0 Å². The molecule has 0 radical (unpaired) electrons. The number of amides is 1. The lowest BCUT2D eigenvalue weighted by Gasteiger charge is -2.24. The molecule has 0 fully saturated rings. The summed E-state index contributed by atoms with van der Waals surface area (Å²) in [5, 5.41) is 2.89. The minimum absolute atomic E-state index is 0.0398. The van der Waals surface area contributed by atoms with Crippen molar-refractivity contribution >= 4 is 11.7 Å². The molecule has 1 unspecified atom stereocenters. The van der Waals surface area contributed by atoms with Crippen LogP contribution >= 0.6 is 0 Å². The molecular formula is C17H18N2O2. The molecular weight excluding hydrogens is 264 g/mol. The number of nitrogens with zero attached hydrogens (tertiary/aromatic N) is 1. The average molecular weight is 282 g/mol. The molecule has 0 saturated carbocycles. The fourth-order valence-electron chi connectivity index (χ4n) is 2.63. The van der Waals surface area contributed by atoms with E-state index in [1.165, 1.54) is 0 Å². The van der Waals surface area contributed by atoms with E-state index in [-0.39, 0.29) is 11.8 Å². The van der Waals surface area contributed by atoms with Crippen LogP contribution in [0.25, 0.3) is 0 Å². The zero-order chi connectivity index (χ0) is 14.8. The summed E-state index contributed by atoms with van der Waals surface area (Å²) in [7, 11) is 0. The standard InChI is InChI=1S/C17H18N2O2/c1-11-7-12(2)18-16(8-11)19-17(20)14-9-13-5-3-4-6-15(13)21-10-14/h3-8,14H,9-10H2,1-2H3,(H,18,19,20). The van der Waals surface area contributed by atoms with Gasteiger partial charge in [0.1, 0.15) is 18.2 Å². The number of para-hydroxylation sites is 1. The summed E-state index contributed by atoms with van der Waals surface area (Å²) in [6, 6.07) is 11.7. The van der Waals surface area contributed by atoms with Gasteiger partial charge in [0.15, 0.2) is 0 Å². The Morgan fingerprint density at radius 3 is 2.90 bits per heavy atom. The molecule has 1 atom stereocenters. The highest BCUT2D eigenvalue weighted by atomic mass is 16.5. The quantitative estimate of drug-likeness (QED) is 0.921. The van der Waals surface area contributed by atoms with Gasteiger partial charge in [0.2, 0.25) is 5.91 Å². The fraction of sp³-hybridized carbons (Fsp3) is 0.294. The van der Waals surface area contributed by atoms with E-state index in [1.807, 2.05) is 50.2 Å². The Morgan fingerprint density at radius 2 is 2.10 bits per heavy atom. The first-order chi connectivity index (χ1) is 10.1. The number of carbonyl (C=O) groups excluding carboxylic acids is 1. The van der Waals surface area contributed by atoms with Crippen LogP contribution in [0.1, 0.15) is 16.8 Å². The van der Waals surface area contributed by atoms with E-state index in [1.54, 1.807) is 0 Å². The van der Waals surface area contributed by atoms with Crippen molar-refractivity contribution in [1.82, 2.24) is 4.98 Å². The maximum atomic E-state index is 12.4. The molecule has 2 heterocycles. The molecule has 2 aromatic rings. The Morgan fingerprint density at radius 1 is 1.29 bits per heavy atom. The number of aryl methyl sites for hydroxylation is 2. The number of pyridine rings is 1. The number of benzene rings is 1. The van der Waals surface area contributed by atoms with E-state index < -0.39 is 0 Å². The zero-order valence-electron chi connectivity index (χ0n) is 12.2. The summed E-state index contributed by atoms with van der Waals surface area (Å²) in [5.74, 6) is 1.27. The van der Waals surface area contributed by atoms with Crippen LogP contribution < -0.4 is 10.1 Å². The van der Waals surface area contributed by atoms with Gasteiger partial charge in [-0.3, -0.25) is 4.79 Å². The predicted molar refractivity (Wildman–Crippen MR) is 81.5 cm³/mol. The summed E-state index contributed by atoms with van der Waals surface area (Å²) in [6.07, 6.45) is 0.701. The maximum absolute atomic E-state index is 12.4. The van der Waals surface area contributed by atoms with Gasteiger partial charge in [-0.15, -0.1) is 0 Å². The topological polar surface area (TPSA) is 51.2 Å². The minimum atomic E-state index is -0.178. The normalized spacial score (nSPS) is 16.8. The van der Waals surface area contributed by atoms with Gasteiger partial charge in [-0.1, -0.05) is 18.2 Å². The number of aromatic nitrogens is 1. The zero-order valence-corrected chi connectivity index (χ0v) is 12.2. The Balaban J connectivity index is 1.72. The van der Waals surface area contributed by atoms with Gasteiger partial charge in [-0.05, 0) is 49.6 Å². The monoisotopic (exact) mass is 282 g/mol. The van der Waals surface area contributed by atoms with Crippen molar-refractivity contribution < 1.29 is 9.53 Å². The van der Waals surface area contributed by atoms with Crippen LogP contribution in [0.15, 0.2) is 36.4 Å². The fourth-order valence-corrected chi connectivity index (χ4v) is 2.63. The first kappa shape index (κ1) is 13.6. The first-order valence-corrected chi connectivity index (χ1v) is 7.08. The summed E-state index contributed by atoms with van der Waals surface area (Å²) >= 11 is 0. The molecule has 4 heteroatoms. The number of hydrogen-bond acceptors (Lipinski definition) is 3. The second kappa shape index (κ2) is 5.56. The Labute approximate surface area is 124 Å². The largest absolute Gasteiger partial charge is 0.492 e. The van der Waals surface area contributed by atoms with Crippen LogP contribution in [0, 0.1) is 19.8 Å². The molecule has 108 valence electrons. The van der Waals surface area contributed by atoms with Crippen LogP contribution in [0.2, 0.25) is 0 Å². The lowest BCUT2D eigenvalue weighted by Crippen LogP contribution is -2.32. The van der Waals surface area contributed by atoms with Crippen LogP contribution in [0.5, 0.6) is 5.75 Å². The van der Waals surface area contributed by atoms with E-state index in [0.29, 0.717) is 18.8 Å². The number of fused-ring (bicyclic) bond motifs is 1. The molecule has 0 aliphatic carbocycles. The van der Waals surface area contributed by atoms with Gasteiger partial charge < -0.3 is 10.1 Å². The second-order valence-electron chi connectivity index (χ2n) is 5.48. The number of nitrogens with one attached hydrogen (secondary N) is 1. The van der Waals surface area contributed by atoms with E-state index >= 15 is 0 Å². The molecule has 3 rings (SSSR count). The number of carbonyl (C=O) groups is 1. The number of anilines is 1. The highest BCUT2D eigenvalue weighted by molar-refractivity contribution is 5.92. The summed E-state index contributed by atoms with van der Waals surface area (Å²) in [6.45, 7) is 4.32. The van der Waals surface area contributed by atoms with Crippen molar-refractivity contribution in [1.29, 1.82) is 0 Å². The molecule has 1 aliphatic heterocycles. The Kier molecular flexibility index (Phi) is 3.60. The molecule has 0 saturated heterocycles. The molecule has 1 amide bonds. The van der Waals surface area contributed by atoms with Crippen molar-refractivity contribution in [3.63, 3.8) is 0 Å². The summed E-state index contributed by atoms with van der Waals surface area (Å²) < 4.78 is 5.66. The van der Waals surface area contributed by atoms with E-state index in [9.17, 15) is 4.79 Å². The molecule has 1 aromatic heterocycles. The van der Waals surface area contributed by atoms with Gasteiger partial charge in [-0.2, -0.15) is 0 Å². The lowest BCUT2D eigenvalue weighted by molar-refractivity contribution is -0.121. The van der Waals surface area contributed by atoms with Gasteiger partial charge in [-0.25, -0.2) is 4.98 Å². The van der Waals surface area contributed by atoms with E-state index in [2.05, 4.69) is 10.3 Å². The highest BCUT2D eigenvalue weighted by Gasteiger charge is 2.26. The molecule has 21 heavy (non-hydrogen) atoms. The Bertz CT molecular complexity index is 662. The lowest BCUT2D eigenvalue weighted by atomic mass is 9.96. The van der Waals surface area contributed by atoms with Crippen LogP contribution in [0.3, 0.4) is 0 Å². The third kappa shape index (κ3) is 3.05. The van der Waals surface area contributed by atoms with Crippen molar-refractivity contribution in [2.24, 2.45) is 5.92 Å². The molecule has 0 spiro atoms. The van der Waals surface area contributed by atoms with Gasteiger partial charge >= 0.3 is 0 Å². The van der Waals surface area contributed by atoms with Crippen LogP contribution in [0.4, 0.5) is 5.82 Å². The van der Waals surface area contributed by atoms with Gasteiger partial charge in [0, 0.05) is 5.69 Å². The summed E-state index contributed by atoms with van der Waals surface area (Å²) in [5.41, 5.74) is 3.07. The van der Waals surface area contributed by atoms with Gasteiger partial charge in [0.05, 0.1) is 5.92 Å². The third-order valence-electron chi connectivity index (χ3n) is 3.60. The first-order valence-electron chi connectivity index (χ1n) is 7.08. The smallest absolute Gasteiger partial charge is 0.232 e. The maximum Gasteiger partial charge on any atom is 0.232 e. The van der Waals surface area contributed by atoms with E-state index in [4.69, 9.17) is 4.74 Å². The second-order valence-corrected chi connectivity index (χ2v) is 5.48. The van der Waals surface area contributed by atoms with Crippen molar-refractivity contribution in [3.8, 4) is 5.75 Å². The highest BCUT2D eigenvalue weighted by Crippen LogP contribution is 2.27. The van der Waals surface area contributed by atoms with Crippen molar-refractivity contribution in [2.75, 3.05) is 11.9 Å². The van der Waals surface area contributed by atoms with E-state index in [0.717, 1.165) is 22.6 Å². The third-order valence-corrected chi connectivity index (χ3v) is 3.60. The molecule has 1 aliphatic rings. The average Bonchev–Trinajstić information content (AvgIpc) is 2.45. The van der Waals surface area contributed by atoms with Crippen LogP contribution in [-0.2, 0) is 11.2 Å². The number of hydrogen-bond donors (Lipinski definition) is 1. The minimum Gasteiger partial charge on any atom is -0.492 e. The molecule has 0 bridgehead atoms.